The smallest absolute Gasteiger partial charge is 0.335 e. The molecule has 0 saturated carbocycles. The normalized spacial score (nSPS) is 11.5. The van der Waals surface area contributed by atoms with Crippen LogP contribution in [-0.4, -0.2) is 24.5 Å². The molecule has 0 unspecified atom stereocenters. The molecule has 0 radical (unpaired) electrons. The summed E-state index contributed by atoms with van der Waals surface area (Å²) in [6.45, 7) is 3.46. The lowest BCUT2D eigenvalue weighted by atomic mass is 10.1. The zero-order valence-corrected chi connectivity index (χ0v) is 13.3. The SMILES string of the molecule is CCc1nc(CS(=O)(=O)c2cccc(C(=O)O)c2C)cs1. The van der Waals surface area contributed by atoms with Crippen molar-refractivity contribution in [2.45, 2.75) is 30.9 Å². The monoisotopic (exact) mass is 325 g/mol. The first kappa shape index (κ1) is 15.7. The minimum Gasteiger partial charge on any atom is -0.478 e. The number of thiazole rings is 1. The topological polar surface area (TPSA) is 84.3 Å². The molecule has 5 nitrogen and oxygen atoms in total. The Labute approximate surface area is 127 Å². The van der Waals surface area contributed by atoms with Crippen LogP contribution in [-0.2, 0) is 22.0 Å². The Bertz CT molecular complexity index is 778. The van der Waals surface area contributed by atoms with Gasteiger partial charge < -0.3 is 5.11 Å². The molecule has 1 heterocycles. The van der Waals surface area contributed by atoms with Crippen LogP contribution in [0.4, 0.5) is 0 Å². The van der Waals surface area contributed by atoms with E-state index >= 15 is 0 Å². The minimum absolute atomic E-state index is 0.00333. The van der Waals surface area contributed by atoms with Crippen LogP contribution in [0.3, 0.4) is 0 Å². The molecule has 2 aromatic rings. The average Bonchev–Trinajstić information content (AvgIpc) is 2.85. The van der Waals surface area contributed by atoms with E-state index in [-0.39, 0.29) is 21.8 Å². The first-order chi connectivity index (χ1) is 9.85. The molecule has 1 N–H and O–H groups in total. The number of aromatic nitrogens is 1. The van der Waals surface area contributed by atoms with Crippen molar-refractivity contribution < 1.29 is 18.3 Å². The molecule has 0 saturated heterocycles. The summed E-state index contributed by atoms with van der Waals surface area (Å²) in [7, 11) is -3.61. The summed E-state index contributed by atoms with van der Waals surface area (Å²) in [5.41, 5.74) is 0.761. The predicted octanol–water partition coefficient (Wildman–Crippen LogP) is 2.69. The van der Waals surface area contributed by atoms with Crippen molar-refractivity contribution in [3.8, 4) is 0 Å². The molecule has 0 bridgehead atoms. The summed E-state index contributed by atoms with van der Waals surface area (Å²) >= 11 is 1.43. The van der Waals surface area contributed by atoms with E-state index in [9.17, 15) is 13.2 Å². The van der Waals surface area contributed by atoms with E-state index in [4.69, 9.17) is 5.11 Å². The van der Waals surface area contributed by atoms with E-state index in [1.165, 1.54) is 36.5 Å². The molecular weight excluding hydrogens is 310 g/mol. The summed E-state index contributed by atoms with van der Waals surface area (Å²) in [6.07, 6.45) is 0.762. The van der Waals surface area contributed by atoms with E-state index in [0.29, 0.717) is 5.69 Å². The molecule has 1 aromatic carbocycles. The van der Waals surface area contributed by atoms with Crippen LogP contribution in [0, 0.1) is 6.92 Å². The van der Waals surface area contributed by atoms with Crippen molar-refractivity contribution in [1.82, 2.24) is 4.98 Å². The first-order valence-electron chi connectivity index (χ1n) is 6.34. The highest BCUT2D eigenvalue weighted by Gasteiger charge is 2.22. The number of carboxylic acids is 1. The van der Waals surface area contributed by atoms with Gasteiger partial charge in [0.05, 0.1) is 26.9 Å². The van der Waals surface area contributed by atoms with E-state index < -0.39 is 15.8 Å². The fourth-order valence-electron chi connectivity index (χ4n) is 2.03. The second kappa shape index (κ2) is 5.95. The Morgan fingerprint density at radius 1 is 1.38 bits per heavy atom. The van der Waals surface area contributed by atoms with Crippen LogP contribution in [0.5, 0.6) is 0 Å². The van der Waals surface area contributed by atoms with Gasteiger partial charge in [0, 0.05) is 5.38 Å². The van der Waals surface area contributed by atoms with E-state index in [1.54, 1.807) is 5.38 Å². The molecule has 21 heavy (non-hydrogen) atoms. The summed E-state index contributed by atoms with van der Waals surface area (Å²) in [6, 6.07) is 4.28. The quantitative estimate of drug-likeness (QED) is 0.913. The van der Waals surface area contributed by atoms with Crippen molar-refractivity contribution >= 4 is 27.1 Å². The molecule has 0 amide bonds. The van der Waals surface area contributed by atoms with Crippen LogP contribution in [0.2, 0.25) is 0 Å². The number of nitrogens with zero attached hydrogens (tertiary/aromatic N) is 1. The molecule has 112 valence electrons. The lowest BCUT2D eigenvalue weighted by Gasteiger charge is -2.08. The fraction of sp³-hybridized carbons (Fsp3) is 0.286. The maximum atomic E-state index is 12.5. The Morgan fingerprint density at radius 2 is 2.10 bits per heavy atom. The van der Waals surface area contributed by atoms with Crippen molar-refractivity contribution in [2.24, 2.45) is 0 Å². The van der Waals surface area contributed by atoms with Gasteiger partial charge in [-0.3, -0.25) is 0 Å². The number of carbonyl (C=O) groups is 1. The molecule has 0 aliphatic carbocycles. The third-order valence-electron chi connectivity index (χ3n) is 3.09. The molecule has 7 heteroatoms. The number of hydrogen-bond acceptors (Lipinski definition) is 5. The van der Waals surface area contributed by atoms with Crippen molar-refractivity contribution in [3.05, 3.63) is 45.4 Å². The Hall–Kier alpha value is -1.73. The van der Waals surface area contributed by atoms with Crippen molar-refractivity contribution in [3.63, 3.8) is 0 Å². The second-order valence-electron chi connectivity index (χ2n) is 4.58. The summed E-state index contributed by atoms with van der Waals surface area (Å²) < 4.78 is 24.9. The highest BCUT2D eigenvalue weighted by Crippen LogP contribution is 2.23. The van der Waals surface area contributed by atoms with Crippen molar-refractivity contribution in [2.75, 3.05) is 0 Å². The molecule has 2 rings (SSSR count). The fourth-order valence-corrected chi connectivity index (χ4v) is 4.44. The van der Waals surface area contributed by atoms with Crippen LogP contribution < -0.4 is 0 Å². The van der Waals surface area contributed by atoms with Crippen LogP contribution in [0.15, 0.2) is 28.5 Å². The third kappa shape index (κ3) is 3.30. The van der Waals surface area contributed by atoms with Crippen LogP contribution in [0.1, 0.15) is 33.5 Å². The lowest BCUT2D eigenvalue weighted by molar-refractivity contribution is 0.0696. The standard InChI is InChI=1S/C14H15NO4S2/c1-3-13-15-10(7-20-13)8-21(18,19)12-6-4-5-11(9(12)2)14(16)17/h4-7H,3,8H2,1-2H3,(H,16,17). The summed E-state index contributed by atoms with van der Waals surface area (Å²) in [5, 5.41) is 11.7. The van der Waals surface area contributed by atoms with Gasteiger partial charge in [0.1, 0.15) is 0 Å². The molecule has 0 fully saturated rings. The largest absolute Gasteiger partial charge is 0.478 e. The summed E-state index contributed by atoms with van der Waals surface area (Å²) in [5.74, 6) is -1.35. The number of rotatable bonds is 5. The van der Waals surface area contributed by atoms with Gasteiger partial charge in [0.2, 0.25) is 0 Å². The van der Waals surface area contributed by atoms with Gasteiger partial charge in [0.25, 0.3) is 0 Å². The number of sulfone groups is 1. The van der Waals surface area contributed by atoms with Crippen LogP contribution >= 0.6 is 11.3 Å². The number of aryl methyl sites for hydroxylation is 1. The van der Waals surface area contributed by atoms with Gasteiger partial charge in [0.15, 0.2) is 9.84 Å². The molecular formula is C14H15NO4S2. The van der Waals surface area contributed by atoms with Gasteiger partial charge in [-0.25, -0.2) is 18.2 Å². The molecule has 0 aliphatic heterocycles. The van der Waals surface area contributed by atoms with Gasteiger partial charge in [-0.15, -0.1) is 11.3 Å². The van der Waals surface area contributed by atoms with E-state index in [2.05, 4.69) is 4.98 Å². The zero-order valence-electron chi connectivity index (χ0n) is 11.7. The van der Waals surface area contributed by atoms with Gasteiger partial charge in [-0.05, 0) is 31.0 Å². The Kier molecular flexibility index (Phi) is 4.43. The number of hydrogen-bond donors (Lipinski definition) is 1. The molecule has 0 spiro atoms. The highest BCUT2D eigenvalue weighted by atomic mass is 32.2. The zero-order chi connectivity index (χ0) is 15.6. The van der Waals surface area contributed by atoms with E-state index in [0.717, 1.165) is 11.4 Å². The van der Waals surface area contributed by atoms with Crippen molar-refractivity contribution in [1.29, 1.82) is 0 Å². The summed E-state index contributed by atoms with van der Waals surface area (Å²) in [4.78, 5) is 15.4. The van der Waals surface area contributed by atoms with E-state index in [1.807, 2.05) is 6.92 Å². The first-order valence-corrected chi connectivity index (χ1v) is 8.87. The second-order valence-corrected chi connectivity index (χ2v) is 7.48. The lowest BCUT2D eigenvalue weighted by Crippen LogP contribution is -2.10. The highest BCUT2D eigenvalue weighted by molar-refractivity contribution is 7.90. The molecule has 1 aromatic heterocycles. The average molecular weight is 325 g/mol. The molecule has 0 aliphatic rings. The molecule has 0 atom stereocenters. The third-order valence-corrected chi connectivity index (χ3v) is 5.92. The van der Waals surface area contributed by atoms with Gasteiger partial charge in [-0.1, -0.05) is 13.0 Å². The number of benzene rings is 1. The number of aromatic carboxylic acids is 1. The maximum absolute atomic E-state index is 12.5. The Morgan fingerprint density at radius 3 is 2.67 bits per heavy atom. The maximum Gasteiger partial charge on any atom is 0.335 e. The van der Waals surface area contributed by atoms with Crippen LogP contribution in [0.25, 0.3) is 0 Å². The van der Waals surface area contributed by atoms with Gasteiger partial charge in [-0.2, -0.15) is 0 Å². The Balaban J connectivity index is 2.40. The predicted molar refractivity (Wildman–Crippen MR) is 80.5 cm³/mol. The minimum atomic E-state index is -3.61. The van der Waals surface area contributed by atoms with Gasteiger partial charge >= 0.3 is 5.97 Å². The number of carboxylic acid groups (broad SMARTS) is 1.